The molecule has 4 rings (SSSR count). The summed E-state index contributed by atoms with van der Waals surface area (Å²) in [6.07, 6.45) is 3.96. The van der Waals surface area contributed by atoms with Gasteiger partial charge in [-0.25, -0.2) is 54.9 Å². The maximum absolute atomic E-state index is 14.3. The number of hydrogen-bond donors (Lipinski definition) is 1. The Hall–Kier alpha value is -4.04. The normalized spacial score (nSPS) is 19.5. The number of benzene rings is 1. The minimum atomic E-state index is -5.73. The molecule has 20 heteroatoms. The molecule has 1 fully saturated rings. The Balaban J connectivity index is 1.89. The Kier molecular flexibility index (Phi) is 8.10. The third-order valence-electron chi connectivity index (χ3n) is 7.01. The van der Waals surface area contributed by atoms with Crippen LogP contribution in [-0.4, -0.2) is 80.7 Å². The molecule has 14 nitrogen and oxygen atoms in total. The number of anilines is 1. The van der Waals surface area contributed by atoms with Crippen molar-refractivity contribution in [3.8, 4) is 0 Å². The van der Waals surface area contributed by atoms with E-state index in [1.807, 2.05) is 0 Å². The molecule has 1 aliphatic rings. The second-order valence-corrected chi connectivity index (χ2v) is 15.7. The van der Waals surface area contributed by atoms with Crippen molar-refractivity contribution in [2.24, 2.45) is 0 Å². The first kappa shape index (κ1) is 32.9. The molecule has 2 unspecified atom stereocenters. The molecular weight excluding hydrogens is 653 g/mol. The lowest BCUT2D eigenvalue weighted by molar-refractivity contribution is -0.123. The first-order chi connectivity index (χ1) is 20.1. The van der Waals surface area contributed by atoms with Crippen molar-refractivity contribution in [3.63, 3.8) is 0 Å². The third kappa shape index (κ3) is 5.63. The smallest absolute Gasteiger partial charge is 0.321 e. The quantitative estimate of drug-likeness (QED) is 0.268. The van der Waals surface area contributed by atoms with Gasteiger partial charge in [0.2, 0.25) is 30.0 Å². The number of alkyl halides is 3. The standard InChI is InChI=1S/C24H23F3N6O8S3/c1-13(17-9-11-28-20(30-17)42(3,36)37)23(14(2)18-10-12-29-21(31-18)43(4,38)39)19(34)33(22(35)32-23)15-5-7-16(8-6-15)44(40,41)24(25,26)27/h5-14H,1-4H3,(H,32,35). The van der Waals surface area contributed by atoms with Crippen LogP contribution in [-0.2, 0) is 34.3 Å². The van der Waals surface area contributed by atoms with Crippen LogP contribution in [0.1, 0.15) is 37.1 Å². The van der Waals surface area contributed by atoms with Crippen molar-refractivity contribution in [1.82, 2.24) is 25.3 Å². The van der Waals surface area contributed by atoms with E-state index >= 15 is 0 Å². The topological polar surface area (TPSA) is 203 Å². The van der Waals surface area contributed by atoms with E-state index in [9.17, 15) is 48.0 Å². The minimum Gasteiger partial charge on any atom is -0.321 e. The molecule has 0 bridgehead atoms. The van der Waals surface area contributed by atoms with Gasteiger partial charge < -0.3 is 5.32 Å². The van der Waals surface area contributed by atoms with Gasteiger partial charge in [-0.05, 0) is 36.4 Å². The van der Waals surface area contributed by atoms with E-state index in [-0.39, 0.29) is 17.1 Å². The number of carbonyl (C=O) groups excluding carboxylic acids is 2. The highest BCUT2D eigenvalue weighted by atomic mass is 32.2. The maximum atomic E-state index is 14.3. The zero-order valence-corrected chi connectivity index (χ0v) is 25.6. The van der Waals surface area contributed by atoms with Gasteiger partial charge in [0.25, 0.3) is 15.7 Å². The zero-order chi connectivity index (χ0) is 33.0. The number of aromatic nitrogens is 4. The van der Waals surface area contributed by atoms with Crippen LogP contribution < -0.4 is 10.2 Å². The van der Waals surface area contributed by atoms with Crippen molar-refractivity contribution in [1.29, 1.82) is 0 Å². The van der Waals surface area contributed by atoms with E-state index in [4.69, 9.17) is 0 Å². The van der Waals surface area contributed by atoms with Crippen LogP contribution in [0.5, 0.6) is 0 Å². The molecule has 236 valence electrons. The fourth-order valence-electron chi connectivity index (χ4n) is 4.68. The lowest BCUT2D eigenvalue weighted by Gasteiger charge is -2.37. The Labute approximate surface area is 249 Å². The molecule has 3 heterocycles. The van der Waals surface area contributed by atoms with Crippen LogP contribution in [0.3, 0.4) is 0 Å². The minimum absolute atomic E-state index is 0.0215. The van der Waals surface area contributed by atoms with Crippen LogP contribution in [0.15, 0.2) is 64.0 Å². The van der Waals surface area contributed by atoms with Gasteiger partial charge in [-0.1, -0.05) is 13.8 Å². The van der Waals surface area contributed by atoms with Crippen LogP contribution >= 0.6 is 0 Å². The Bertz CT molecular complexity index is 1910. The van der Waals surface area contributed by atoms with Gasteiger partial charge in [-0.2, -0.15) is 13.2 Å². The van der Waals surface area contributed by atoms with E-state index in [0.717, 1.165) is 37.0 Å². The van der Waals surface area contributed by atoms with Gasteiger partial charge in [0.05, 0.1) is 22.0 Å². The van der Waals surface area contributed by atoms with E-state index in [0.29, 0.717) is 17.0 Å². The number of imide groups is 1. The molecule has 0 saturated carbocycles. The average Bonchev–Trinajstić information content (AvgIpc) is 3.21. The fraction of sp³-hybridized carbons (Fsp3) is 0.333. The molecule has 1 aromatic carbocycles. The van der Waals surface area contributed by atoms with Gasteiger partial charge in [0, 0.05) is 36.7 Å². The summed E-state index contributed by atoms with van der Waals surface area (Å²) >= 11 is 0. The molecule has 0 spiro atoms. The molecule has 44 heavy (non-hydrogen) atoms. The predicted molar refractivity (Wildman–Crippen MR) is 146 cm³/mol. The van der Waals surface area contributed by atoms with E-state index in [1.54, 1.807) is 0 Å². The second kappa shape index (κ2) is 10.8. The number of nitrogens with one attached hydrogen (secondary N) is 1. The SMILES string of the molecule is CC(c1ccnc(S(C)(=O)=O)n1)C1(C(C)c2ccnc(S(C)(=O)=O)n2)NC(=O)N(c2ccc(S(=O)(=O)C(F)(F)F)cc2)C1=O. The molecule has 1 N–H and O–H groups in total. The molecule has 3 aromatic rings. The Morgan fingerprint density at radius 3 is 1.59 bits per heavy atom. The number of rotatable bonds is 8. The fourth-order valence-corrected chi connectivity index (χ4v) is 6.49. The number of amides is 3. The summed E-state index contributed by atoms with van der Waals surface area (Å²) in [5.41, 5.74) is -7.99. The molecule has 2 atom stereocenters. The summed E-state index contributed by atoms with van der Waals surface area (Å²) in [6.45, 7) is 2.87. The highest BCUT2D eigenvalue weighted by Crippen LogP contribution is 2.44. The first-order valence-corrected chi connectivity index (χ1v) is 17.5. The van der Waals surface area contributed by atoms with Crippen LogP contribution in [0.4, 0.5) is 23.7 Å². The predicted octanol–water partition coefficient (Wildman–Crippen LogP) is 1.77. The van der Waals surface area contributed by atoms with E-state index in [1.165, 1.54) is 26.0 Å². The summed E-state index contributed by atoms with van der Waals surface area (Å²) in [5, 5.41) is 1.40. The van der Waals surface area contributed by atoms with Crippen molar-refractivity contribution >= 4 is 47.1 Å². The number of sulfone groups is 3. The van der Waals surface area contributed by atoms with E-state index in [2.05, 4.69) is 25.3 Å². The summed E-state index contributed by atoms with van der Waals surface area (Å²) in [5.74, 6) is -3.33. The van der Waals surface area contributed by atoms with Crippen LogP contribution in [0.2, 0.25) is 0 Å². The summed E-state index contributed by atoms with van der Waals surface area (Å²) in [7, 11) is -13.6. The molecule has 2 aromatic heterocycles. The number of urea groups is 1. The van der Waals surface area contributed by atoms with Crippen LogP contribution in [0.25, 0.3) is 0 Å². The highest BCUT2D eigenvalue weighted by Gasteiger charge is 2.59. The molecular formula is C24H23F3N6O8S3. The van der Waals surface area contributed by atoms with Crippen molar-refractivity contribution in [2.45, 2.75) is 51.9 Å². The first-order valence-electron chi connectivity index (χ1n) is 12.3. The summed E-state index contributed by atoms with van der Waals surface area (Å²) in [4.78, 5) is 42.7. The monoisotopic (exact) mass is 676 g/mol. The molecule has 1 saturated heterocycles. The maximum Gasteiger partial charge on any atom is 0.501 e. The van der Waals surface area contributed by atoms with Crippen molar-refractivity contribution < 1.29 is 48.0 Å². The molecule has 0 radical (unpaired) electrons. The van der Waals surface area contributed by atoms with Crippen molar-refractivity contribution in [3.05, 3.63) is 60.2 Å². The number of carbonyl (C=O) groups is 2. The average molecular weight is 677 g/mol. The summed E-state index contributed by atoms with van der Waals surface area (Å²) < 4.78 is 111. The number of nitrogens with zero attached hydrogens (tertiary/aromatic N) is 5. The molecule has 0 aliphatic carbocycles. The second-order valence-electron chi connectivity index (χ2n) is 9.90. The Morgan fingerprint density at radius 1 is 0.773 bits per heavy atom. The lowest BCUT2D eigenvalue weighted by atomic mass is 9.72. The van der Waals surface area contributed by atoms with Gasteiger partial charge >= 0.3 is 11.5 Å². The highest BCUT2D eigenvalue weighted by molar-refractivity contribution is 7.92. The van der Waals surface area contributed by atoms with Crippen LogP contribution in [0, 0.1) is 0 Å². The molecule has 3 amide bonds. The third-order valence-corrected chi connectivity index (χ3v) is 10.2. The number of halogens is 3. The van der Waals surface area contributed by atoms with Gasteiger partial charge in [0.1, 0.15) is 5.54 Å². The summed E-state index contributed by atoms with van der Waals surface area (Å²) in [6, 6.07) is 4.35. The van der Waals surface area contributed by atoms with Gasteiger partial charge in [-0.3, -0.25) is 4.79 Å². The molecule has 1 aliphatic heterocycles. The van der Waals surface area contributed by atoms with E-state index < -0.39 is 79.5 Å². The number of hydrogen-bond acceptors (Lipinski definition) is 12. The van der Waals surface area contributed by atoms with Gasteiger partial charge in [0.15, 0.2) is 0 Å². The van der Waals surface area contributed by atoms with Crippen molar-refractivity contribution in [2.75, 3.05) is 17.4 Å². The van der Waals surface area contributed by atoms with Gasteiger partial charge in [-0.15, -0.1) is 0 Å². The lowest BCUT2D eigenvalue weighted by Crippen LogP contribution is -2.55. The zero-order valence-electron chi connectivity index (χ0n) is 23.1. The Morgan fingerprint density at radius 2 is 1.20 bits per heavy atom. The largest absolute Gasteiger partial charge is 0.501 e.